The summed E-state index contributed by atoms with van der Waals surface area (Å²) < 4.78 is 8.82. The Balaban J connectivity index is 1.83. The van der Waals surface area contributed by atoms with Gasteiger partial charge in [0.15, 0.2) is 11.9 Å². The average molecular weight is 413 g/mol. The van der Waals surface area contributed by atoms with Crippen molar-refractivity contribution in [3.05, 3.63) is 93.8 Å². The fourth-order valence-electron chi connectivity index (χ4n) is 4.37. The maximum absolute atomic E-state index is 6.46. The van der Waals surface area contributed by atoms with Crippen LogP contribution >= 0.6 is 0 Å². The number of imidazole rings is 1. The van der Waals surface area contributed by atoms with Crippen LogP contribution in [-0.4, -0.2) is 9.55 Å². The lowest BCUT2D eigenvalue weighted by Crippen LogP contribution is -2.16. The third kappa shape index (κ3) is 4.10. The molecule has 1 unspecified atom stereocenters. The molecule has 3 aromatic carbocycles. The highest BCUT2D eigenvalue weighted by Crippen LogP contribution is 2.30. The third-order valence-corrected chi connectivity index (χ3v) is 6.45. The van der Waals surface area contributed by atoms with E-state index in [1.807, 2.05) is 12.1 Å². The van der Waals surface area contributed by atoms with E-state index in [9.17, 15) is 0 Å². The Morgan fingerprint density at radius 3 is 2.26 bits per heavy atom. The summed E-state index contributed by atoms with van der Waals surface area (Å²) in [5.74, 6) is 1.88. The number of aromatic nitrogens is 2. The first kappa shape index (κ1) is 21.2. The van der Waals surface area contributed by atoms with E-state index in [0.29, 0.717) is 0 Å². The van der Waals surface area contributed by atoms with Crippen LogP contribution in [0.2, 0.25) is 0 Å². The van der Waals surface area contributed by atoms with Gasteiger partial charge in [-0.25, -0.2) is 4.98 Å². The quantitative estimate of drug-likeness (QED) is 0.336. The molecule has 0 bridgehead atoms. The average Bonchev–Trinajstić information content (AvgIpc) is 3.12. The molecule has 1 atom stereocenters. The Hall–Kier alpha value is -3.07. The highest BCUT2D eigenvalue weighted by atomic mass is 16.5. The van der Waals surface area contributed by atoms with Gasteiger partial charge in [-0.15, -0.1) is 0 Å². The lowest BCUT2D eigenvalue weighted by atomic mass is 9.94. The number of benzene rings is 3. The molecular weight excluding hydrogens is 380 g/mol. The smallest absolute Gasteiger partial charge is 0.156 e. The van der Waals surface area contributed by atoms with Crippen molar-refractivity contribution in [2.75, 3.05) is 0 Å². The maximum Gasteiger partial charge on any atom is 0.156 e. The van der Waals surface area contributed by atoms with E-state index in [2.05, 4.69) is 88.6 Å². The number of ether oxygens (including phenoxy) is 1. The van der Waals surface area contributed by atoms with Gasteiger partial charge in [-0.05, 0) is 98.7 Å². The Labute approximate surface area is 185 Å². The Bertz CT molecular complexity index is 1210. The first-order valence-electron chi connectivity index (χ1n) is 11.1. The lowest BCUT2D eigenvalue weighted by molar-refractivity contribution is 0.187. The number of para-hydroxylation sites is 2. The molecule has 1 aromatic heterocycles. The van der Waals surface area contributed by atoms with Crippen molar-refractivity contribution in [2.24, 2.45) is 0 Å². The van der Waals surface area contributed by atoms with Crippen molar-refractivity contribution in [2.45, 2.75) is 60.6 Å². The van der Waals surface area contributed by atoms with Crippen LogP contribution in [0.3, 0.4) is 0 Å². The highest BCUT2D eigenvalue weighted by molar-refractivity contribution is 5.76. The van der Waals surface area contributed by atoms with Gasteiger partial charge in [-0.3, -0.25) is 0 Å². The van der Waals surface area contributed by atoms with Gasteiger partial charge in [0, 0.05) is 0 Å². The summed E-state index contributed by atoms with van der Waals surface area (Å²) in [6.07, 6.45) is 0.739. The summed E-state index contributed by atoms with van der Waals surface area (Å²) in [7, 11) is 0. The number of hydrogen-bond donors (Lipinski definition) is 0. The predicted octanol–water partition coefficient (Wildman–Crippen LogP) is 7.16. The van der Waals surface area contributed by atoms with Gasteiger partial charge >= 0.3 is 0 Å². The minimum absolute atomic E-state index is 0.110. The van der Waals surface area contributed by atoms with Gasteiger partial charge in [-0.1, -0.05) is 37.3 Å². The summed E-state index contributed by atoms with van der Waals surface area (Å²) in [4.78, 5) is 5.04. The number of fused-ring (bicyclic) bond motifs is 1. The zero-order valence-electron chi connectivity index (χ0n) is 19.5. The highest BCUT2D eigenvalue weighted by Gasteiger charge is 2.22. The monoisotopic (exact) mass is 412 g/mol. The number of nitrogens with zero attached hydrogens (tertiary/aromatic N) is 2. The summed E-state index contributed by atoms with van der Waals surface area (Å²) in [6, 6.07) is 18.9. The number of aryl methyl sites for hydroxylation is 3. The second-order valence-electron chi connectivity index (χ2n) is 8.62. The number of hydrogen-bond acceptors (Lipinski definition) is 2. The second-order valence-corrected chi connectivity index (χ2v) is 8.62. The van der Waals surface area contributed by atoms with Gasteiger partial charge < -0.3 is 9.30 Å². The van der Waals surface area contributed by atoms with Crippen LogP contribution in [0.15, 0.2) is 54.6 Å². The van der Waals surface area contributed by atoms with E-state index >= 15 is 0 Å². The Morgan fingerprint density at radius 1 is 0.871 bits per heavy atom. The van der Waals surface area contributed by atoms with Gasteiger partial charge in [0.25, 0.3) is 0 Å². The van der Waals surface area contributed by atoms with E-state index in [0.717, 1.165) is 35.6 Å². The van der Waals surface area contributed by atoms with Crippen LogP contribution < -0.4 is 4.74 Å². The molecule has 0 aliphatic heterocycles. The molecule has 0 amide bonds. The molecule has 3 heteroatoms. The Morgan fingerprint density at radius 2 is 1.58 bits per heavy atom. The van der Waals surface area contributed by atoms with Crippen LogP contribution in [-0.2, 0) is 6.54 Å². The minimum Gasteiger partial charge on any atom is -0.483 e. The molecule has 0 saturated carbocycles. The van der Waals surface area contributed by atoms with E-state index in [1.165, 1.54) is 33.4 Å². The van der Waals surface area contributed by atoms with Crippen molar-refractivity contribution < 1.29 is 4.74 Å². The van der Waals surface area contributed by atoms with Gasteiger partial charge in [0.2, 0.25) is 0 Å². The molecule has 160 valence electrons. The zero-order chi connectivity index (χ0) is 22.1. The van der Waals surface area contributed by atoms with Crippen molar-refractivity contribution in [1.82, 2.24) is 9.55 Å². The minimum atomic E-state index is -0.110. The second kappa shape index (κ2) is 8.58. The van der Waals surface area contributed by atoms with E-state index in [-0.39, 0.29) is 6.10 Å². The van der Waals surface area contributed by atoms with Crippen LogP contribution in [0.1, 0.15) is 58.7 Å². The van der Waals surface area contributed by atoms with Gasteiger partial charge in [0.05, 0.1) is 17.6 Å². The van der Waals surface area contributed by atoms with Crippen LogP contribution in [0.25, 0.3) is 11.0 Å². The van der Waals surface area contributed by atoms with E-state index in [1.54, 1.807) is 0 Å². The molecule has 1 heterocycles. The van der Waals surface area contributed by atoms with Gasteiger partial charge in [0.1, 0.15) is 5.75 Å². The summed E-state index contributed by atoms with van der Waals surface area (Å²) in [5.41, 5.74) is 10.2. The molecular formula is C28H32N2O. The summed E-state index contributed by atoms with van der Waals surface area (Å²) in [6.45, 7) is 13.9. The molecule has 4 rings (SSSR count). The standard InChI is InChI=1S/C28H32N2O/c1-7-27(31-23-12-10-11-18(2)15-23)28-29-25-13-8-9-14-26(25)30(28)17-24-21(5)19(3)16-20(4)22(24)6/h8-16,27H,7,17H2,1-6H3. The normalized spacial score (nSPS) is 12.3. The maximum atomic E-state index is 6.46. The van der Waals surface area contributed by atoms with Crippen LogP contribution in [0, 0.1) is 34.6 Å². The lowest BCUT2D eigenvalue weighted by Gasteiger charge is -2.22. The third-order valence-electron chi connectivity index (χ3n) is 6.45. The summed E-state index contributed by atoms with van der Waals surface area (Å²) in [5, 5.41) is 0. The van der Waals surface area contributed by atoms with Crippen molar-refractivity contribution in [1.29, 1.82) is 0 Å². The molecule has 0 saturated heterocycles. The molecule has 3 nitrogen and oxygen atoms in total. The molecule has 0 radical (unpaired) electrons. The zero-order valence-corrected chi connectivity index (χ0v) is 19.5. The predicted molar refractivity (Wildman–Crippen MR) is 129 cm³/mol. The molecule has 0 aliphatic carbocycles. The molecule has 0 N–H and O–H groups in total. The van der Waals surface area contributed by atoms with Gasteiger partial charge in [-0.2, -0.15) is 0 Å². The van der Waals surface area contributed by atoms with Crippen molar-refractivity contribution in [3.63, 3.8) is 0 Å². The van der Waals surface area contributed by atoms with Crippen molar-refractivity contribution >= 4 is 11.0 Å². The fourth-order valence-corrected chi connectivity index (χ4v) is 4.37. The molecule has 0 aliphatic rings. The number of rotatable bonds is 6. The first-order chi connectivity index (χ1) is 14.9. The fraction of sp³-hybridized carbons (Fsp3) is 0.321. The van der Waals surface area contributed by atoms with E-state index < -0.39 is 0 Å². The van der Waals surface area contributed by atoms with Crippen LogP contribution in [0.4, 0.5) is 0 Å². The van der Waals surface area contributed by atoms with E-state index in [4.69, 9.17) is 9.72 Å². The summed E-state index contributed by atoms with van der Waals surface area (Å²) >= 11 is 0. The molecule has 0 fully saturated rings. The van der Waals surface area contributed by atoms with Crippen molar-refractivity contribution in [3.8, 4) is 5.75 Å². The largest absolute Gasteiger partial charge is 0.483 e. The topological polar surface area (TPSA) is 27.1 Å². The molecule has 4 aromatic rings. The SMILES string of the molecule is CCC(Oc1cccc(C)c1)c1nc2ccccc2n1Cc1c(C)c(C)cc(C)c1C. The van der Waals surface area contributed by atoms with Crippen LogP contribution in [0.5, 0.6) is 5.75 Å². The Kier molecular flexibility index (Phi) is 5.86. The molecule has 0 spiro atoms. The first-order valence-corrected chi connectivity index (χ1v) is 11.1. The molecule has 31 heavy (non-hydrogen) atoms.